The fourth-order valence-corrected chi connectivity index (χ4v) is 4.73. The highest BCUT2D eigenvalue weighted by molar-refractivity contribution is 7.18. The predicted octanol–water partition coefficient (Wildman–Crippen LogP) is 3.57. The van der Waals surface area contributed by atoms with Crippen molar-refractivity contribution in [3.63, 3.8) is 0 Å². The molecule has 0 aliphatic carbocycles. The number of likely N-dealkylation sites (tertiary alicyclic amines) is 1. The summed E-state index contributed by atoms with van der Waals surface area (Å²) in [6.45, 7) is 5.91. The molecule has 2 aromatic carbocycles. The molecule has 0 unspecified atom stereocenters. The topological polar surface area (TPSA) is 17.3 Å². The first-order chi connectivity index (χ1) is 11.3. The number of benzene rings is 2. The fraction of sp³-hybridized carbons (Fsp3) is 0.350. The number of quaternary nitrogens is 1. The Morgan fingerprint density at radius 3 is 2.57 bits per heavy atom. The highest BCUT2D eigenvalue weighted by Gasteiger charge is 2.26. The maximum Gasteiger partial charge on any atom is 0.103 e. The molecule has 23 heavy (non-hydrogen) atoms. The average Bonchev–Trinajstić information content (AvgIpc) is 3.02. The summed E-state index contributed by atoms with van der Waals surface area (Å²) < 4.78 is 1.33. The molecule has 4 rings (SSSR count). The molecule has 0 amide bonds. The van der Waals surface area contributed by atoms with Crippen molar-refractivity contribution >= 4 is 21.6 Å². The summed E-state index contributed by atoms with van der Waals surface area (Å²) in [4.78, 5) is 6.59. The van der Waals surface area contributed by atoms with Crippen molar-refractivity contribution in [1.29, 1.82) is 0 Å². The molecular formula is C20H23N2S+. The Kier molecular flexibility index (Phi) is 4.15. The Labute approximate surface area is 141 Å². The molecular weight excluding hydrogens is 300 g/mol. The van der Waals surface area contributed by atoms with E-state index >= 15 is 0 Å². The summed E-state index contributed by atoms with van der Waals surface area (Å²) in [7, 11) is 0. The van der Waals surface area contributed by atoms with Crippen molar-refractivity contribution in [2.45, 2.75) is 32.2 Å². The second-order valence-corrected chi connectivity index (χ2v) is 7.71. The minimum atomic E-state index is 0.660. The lowest BCUT2D eigenvalue weighted by Crippen LogP contribution is -3.11. The second kappa shape index (κ2) is 6.42. The van der Waals surface area contributed by atoms with Crippen LogP contribution in [0.1, 0.15) is 34.9 Å². The second-order valence-electron chi connectivity index (χ2n) is 6.65. The summed E-state index contributed by atoms with van der Waals surface area (Å²) in [5, 5.41) is 1.35. The standard InChI is InChI=1S/C20H22N2S/c1-15-6-2-3-7-17(15)14-22-12-10-16(11-13-22)20-21-18-8-4-5-9-19(18)23-20/h2-9,16H,10-14H2,1H3/p+1. The molecule has 3 heteroatoms. The fourth-order valence-electron chi connectivity index (χ4n) is 3.59. The number of aryl methyl sites for hydroxylation is 1. The van der Waals surface area contributed by atoms with Crippen LogP contribution < -0.4 is 4.90 Å². The Morgan fingerprint density at radius 2 is 1.78 bits per heavy atom. The van der Waals surface area contributed by atoms with E-state index in [1.807, 2.05) is 11.3 Å². The predicted molar refractivity (Wildman–Crippen MR) is 97.2 cm³/mol. The van der Waals surface area contributed by atoms with Crippen LogP contribution in [0, 0.1) is 6.92 Å². The number of piperidine rings is 1. The van der Waals surface area contributed by atoms with E-state index in [9.17, 15) is 0 Å². The van der Waals surface area contributed by atoms with Gasteiger partial charge in [-0.1, -0.05) is 36.4 Å². The van der Waals surface area contributed by atoms with Crippen molar-refractivity contribution in [1.82, 2.24) is 4.98 Å². The Balaban J connectivity index is 1.41. The van der Waals surface area contributed by atoms with Crippen molar-refractivity contribution < 1.29 is 4.90 Å². The van der Waals surface area contributed by atoms with Crippen LogP contribution in [0.5, 0.6) is 0 Å². The number of nitrogens with zero attached hydrogens (tertiary/aromatic N) is 1. The van der Waals surface area contributed by atoms with Crippen LogP contribution in [-0.4, -0.2) is 18.1 Å². The Hall–Kier alpha value is -1.71. The molecule has 1 aromatic heterocycles. The molecule has 118 valence electrons. The van der Waals surface area contributed by atoms with Crippen molar-refractivity contribution in [3.8, 4) is 0 Å². The zero-order valence-electron chi connectivity index (χ0n) is 13.6. The van der Waals surface area contributed by atoms with Gasteiger partial charge < -0.3 is 4.90 Å². The van der Waals surface area contributed by atoms with Gasteiger partial charge >= 0.3 is 0 Å². The minimum Gasteiger partial charge on any atom is -0.331 e. The molecule has 0 bridgehead atoms. The van der Waals surface area contributed by atoms with E-state index in [0.717, 1.165) is 0 Å². The van der Waals surface area contributed by atoms with E-state index in [4.69, 9.17) is 4.98 Å². The number of fused-ring (bicyclic) bond motifs is 1. The smallest absolute Gasteiger partial charge is 0.103 e. The molecule has 1 saturated heterocycles. The van der Waals surface area contributed by atoms with Gasteiger partial charge in [0.05, 0.1) is 28.3 Å². The van der Waals surface area contributed by atoms with E-state index in [0.29, 0.717) is 5.92 Å². The number of hydrogen-bond donors (Lipinski definition) is 1. The van der Waals surface area contributed by atoms with E-state index < -0.39 is 0 Å². The van der Waals surface area contributed by atoms with Crippen LogP contribution in [-0.2, 0) is 6.54 Å². The number of hydrogen-bond acceptors (Lipinski definition) is 2. The normalized spacial score (nSPS) is 21.6. The monoisotopic (exact) mass is 323 g/mol. The van der Waals surface area contributed by atoms with Crippen molar-refractivity contribution in [2.75, 3.05) is 13.1 Å². The van der Waals surface area contributed by atoms with Gasteiger partial charge in [-0.05, 0) is 24.6 Å². The SMILES string of the molecule is Cc1ccccc1C[NH+]1CCC(c2nc3ccccc3s2)CC1. The Morgan fingerprint density at radius 1 is 1.04 bits per heavy atom. The lowest BCUT2D eigenvalue weighted by atomic mass is 9.97. The number of para-hydroxylation sites is 1. The minimum absolute atomic E-state index is 0.660. The zero-order valence-corrected chi connectivity index (χ0v) is 14.4. The van der Waals surface area contributed by atoms with Gasteiger partial charge in [0, 0.05) is 24.3 Å². The summed E-state index contributed by atoms with van der Waals surface area (Å²) >= 11 is 1.89. The highest BCUT2D eigenvalue weighted by Crippen LogP contribution is 2.31. The number of aromatic nitrogens is 1. The molecule has 1 aliphatic heterocycles. The van der Waals surface area contributed by atoms with Crippen LogP contribution in [0.2, 0.25) is 0 Å². The van der Waals surface area contributed by atoms with Gasteiger partial charge in [-0.25, -0.2) is 4.98 Å². The summed E-state index contributed by atoms with van der Waals surface area (Å²) in [6, 6.07) is 17.3. The molecule has 1 fully saturated rings. The van der Waals surface area contributed by atoms with Crippen LogP contribution in [0.4, 0.5) is 0 Å². The highest BCUT2D eigenvalue weighted by atomic mass is 32.1. The van der Waals surface area contributed by atoms with E-state index in [-0.39, 0.29) is 0 Å². The van der Waals surface area contributed by atoms with Gasteiger partial charge in [-0.3, -0.25) is 0 Å². The average molecular weight is 323 g/mol. The molecule has 2 nitrogen and oxygen atoms in total. The van der Waals surface area contributed by atoms with Gasteiger partial charge in [0.2, 0.25) is 0 Å². The third kappa shape index (κ3) is 3.17. The molecule has 1 N–H and O–H groups in total. The summed E-state index contributed by atoms with van der Waals surface area (Å²) in [6.07, 6.45) is 2.53. The van der Waals surface area contributed by atoms with Gasteiger partial charge in [-0.15, -0.1) is 11.3 Å². The number of nitrogens with one attached hydrogen (secondary N) is 1. The van der Waals surface area contributed by atoms with Crippen LogP contribution >= 0.6 is 11.3 Å². The van der Waals surface area contributed by atoms with E-state index in [2.05, 4.69) is 55.5 Å². The first-order valence-corrected chi connectivity index (χ1v) is 9.35. The molecule has 0 spiro atoms. The molecule has 3 aromatic rings. The first kappa shape index (κ1) is 14.9. The largest absolute Gasteiger partial charge is 0.331 e. The Bertz CT molecular complexity index is 767. The third-order valence-corrected chi connectivity index (χ3v) is 6.25. The van der Waals surface area contributed by atoms with Gasteiger partial charge in [-0.2, -0.15) is 0 Å². The maximum atomic E-state index is 4.87. The number of thiazole rings is 1. The lowest BCUT2D eigenvalue weighted by Gasteiger charge is -2.28. The van der Waals surface area contributed by atoms with E-state index in [1.54, 1.807) is 4.90 Å². The number of rotatable bonds is 3. The van der Waals surface area contributed by atoms with E-state index in [1.165, 1.54) is 58.8 Å². The van der Waals surface area contributed by atoms with Crippen molar-refractivity contribution in [3.05, 3.63) is 64.7 Å². The zero-order chi connectivity index (χ0) is 15.6. The molecule has 2 heterocycles. The van der Waals surface area contributed by atoms with Gasteiger partial charge in [0.1, 0.15) is 6.54 Å². The lowest BCUT2D eigenvalue weighted by molar-refractivity contribution is -0.919. The summed E-state index contributed by atoms with van der Waals surface area (Å²) in [5.74, 6) is 0.660. The van der Waals surface area contributed by atoms with Crippen LogP contribution in [0.25, 0.3) is 10.2 Å². The molecule has 0 atom stereocenters. The van der Waals surface area contributed by atoms with Crippen LogP contribution in [0.15, 0.2) is 48.5 Å². The summed E-state index contributed by atoms with van der Waals surface area (Å²) in [5.41, 5.74) is 4.09. The first-order valence-electron chi connectivity index (χ1n) is 8.53. The molecule has 0 saturated carbocycles. The van der Waals surface area contributed by atoms with Crippen LogP contribution in [0.3, 0.4) is 0 Å². The molecule has 0 radical (unpaired) electrons. The van der Waals surface area contributed by atoms with Gasteiger partial charge in [0.25, 0.3) is 0 Å². The molecule has 1 aliphatic rings. The third-order valence-electron chi connectivity index (χ3n) is 5.05. The maximum absolute atomic E-state index is 4.87. The van der Waals surface area contributed by atoms with Crippen molar-refractivity contribution in [2.24, 2.45) is 0 Å². The quantitative estimate of drug-likeness (QED) is 0.780. The van der Waals surface area contributed by atoms with Gasteiger partial charge in [0.15, 0.2) is 0 Å².